The maximum absolute atomic E-state index is 12.2. The van der Waals surface area contributed by atoms with Crippen molar-refractivity contribution in [3.63, 3.8) is 0 Å². The van der Waals surface area contributed by atoms with Crippen molar-refractivity contribution in [2.24, 2.45) is 0 Å². The first kappa shape index (κ1) is 14.3. The van der Waals surface area contributed by atoms with E-state index in [1.165, 1.54) is 0 Å². The molecule has 3 aromatic rings. The highest BCUT2D eigenvalue weighted by molar-refractivity contribution is 5.58. The summed E-state index contributed by atoms with van der Waals surface area (Å²) in [6, 6.07) is 7.15. The van der Waals surface area contributed by atoms with Crippen molar-refractivity contribution >= 4 is 0 Å². The highest BCUT2D eigenvalue weighted by Gasteiger charge is 2.15. The number of hydrogen-bond acceptors (Lipinski definition) is 6. The molecule has 22 heavy (non-hydrogen) atoms. The molecule has 0 radical (unpaired) electrons. The van der Waals surface area contributed by atoms with Gasteiger partial charge in [0.25, 0.3) is 11.4 Å². The molecule has 3 aromatic heterocycles. The molecular formula is C15H16N4O3. The van der Waals surface area contributed by atoms with Crippen LogP contribution in [0, 0.1) is 0 Å². The molecule has 3 heterocycles. The molecule has 7 heteroatoms. The number of hydrogen-bond donors (Lipinski definition) is 2. The van der Waals surface area contributed by atoms with Crippen molar-refractivity contribution in [3.05, 3.63) is 46.7 Å². The van der Waals surface area contributed by atoms with Crippen LogP contribution in [-0.4, -0.2) is 28.2 Å². The molecule has 0 spiro atoms. The average molecular weight is 300 g/mol. The molecule has 0 saturated heterocycles. The van der Waals surface area contributed by atoms with Gasteiger partial charge in [0.2, 0.25) is 0 Å². The van der Waals surface area contributed by atoms with Gasteiger partial charge in [0, 0.05) is 12.5 Å². The highest BCUT2D eigenvalue weighted by Crippen LogP contribution is 2.19. The highest BCUT2D eigenvalue weighted by atomic mass is 16.5. The first-order valence-corrected chi connectivity index (χ1v) is 6.95. The van der Waals surface area contributed by atoms with Crippen LogP contribution in [0.1, 0.15) is 12.7 Å². The van der Waals surface area contributed by atoms with E-state index in [1.54, 1.807) is 30.5 Å². The third-order valence-corrected chi connectivity index (χ3v) is 3.38. The van der Waals surface area contributed by atoms with E-state index < -0.39 is 0 Å². The maximum atomic E-state index is 12.2. The fraction of sp³-hybridized carbons (Fsp3) is 0.267. The summed E-state index contributed by atoms with van der Waals surface area (Å²) in [5.41, 5.74) is 0.638. The summed E-state index contributed by atoms with van der Waals surface area (Å²) in [5, 5.41) is 6.99. The largest absolute Gasteiger partial charge is 0.463 e. The second-order valence-electron chi connectivity index (χ2n) is 5.00. The Hall–Kier alpha value is -2.67. The number of aromatic nitrogens is 3. The molecule has 7 nitrogen and oxygen atoms in total. The first-order valence-electron chi connectivity index (χ1n) is 6.95. The molecular weight excluding hydrogens is 284 g/mol. The molecule has 3 rings (SSSR count). The molecule has 0 fully saturated rings. The Bertz CT molecular complexity index is 804. The third kappa shape index (κ3) is 2.84. The van der Waals surface area contributed by atoms with E-state index in [0.29, 0.717) is 29.3 Å². The van der Waals surface area contributed by atoms with Crippen LogP contribution in [-0.2, 0) is 6.42 Å². The van der Waals surface area contributed by atoms with Gasteiger partial charge in [0.1, 0.15) is 11.3 Å². The standard InChI is InChI=1S/C15H16N4O3/c1-9(16-2)8-13-18-15(22-19-13)10-5-6-11(17-14(10)20)12-4-3-7-21-12/h3-7,9,16H,8H2,1-2H3,(H,17,20). The van der Waals surface area contributed by atoms with Gasteiger partial charge in [0.15, 0.2) is 5.82 Å². The minimum absolute atomic E-state index is 0.213. The predicted molar refractivity (Wildman–Crippen MR) is 80.3 cm³/mol. The molecule has 114 valence electrons. The maximum Gasteiger partial charge on any atom is 0.263 e. The topological polar surface area (TPSA) is 97.0 Å². The smallest absolute Gasteiger partial charge is 0.263 e. The van der Waals surface area contributed by atoms with Gasteiger partial charge >= 0.3 is 0 Å². The summed E-state index contributed by atoms with van der Waals surface area (Å²) >= 11 is 0. The van der Waals surface area contributed by atoms with Gasteiger partial charge in [-0.25, -0.2) is 0 Å². The van der Waals surface area contributed by atoms with E-state index >= 15 is 0 Å². The minimum atomic E-state index is -0.300. The Morgan fingerprint density at radius 1 is 1.36 bits per heavy atom. The molecule has 0 aliphatic carbocycles. The van der Waals surface area contributed by atoms with Crippen LogP contribution in [0.3, 0.4) is 0 Å². The number of aromatic amines is 1. The van der Waals surface area contributed by atoms with Crippen LogP contribution in [0.15, 0.2) is 44.3 Å². The summed E-state index contributed by atoms with van der Waals surface area (Å²) in [5.74, 6) is 1.37. The first-order chi connectivity index (χ1) is 10.7. The van der Waals surface area contributed by atoms with Gasteiger partial charge in [-0.3, -0.25) is 4.79 Å². The predicted octanol–water partition coefficient (Wildman–Crippen LogP) is 1.84. The second kappa shape index (κ2) is 5.98. The van der Waals surface area contributed by atoms with E-state index in [-0.39, 0.29) is 17.5 Å². The minimum Gasteiger partial charge on any atom is -0.463 e. The monoisotopic (exact) mass is 300 g/mol. The van der Waals surface area contributed by atoms with Gasteiger partial charge in [0.05, 0.1) is 12.0 Å². The molecule has 1 atom stereocenters. The van der Waals surface area contributed by atoms with Gasteiger partial charge in [-0.15, -0.1) is 0 Å². The van der Waals surface area contributed by atoms with E-state index in [4.69, 9.17) is 8.94 Å². The lowest BCUT2D eigenvalue weighted by Crippen LogP contribution is -2.24. The van der Waals surface area contributed by atoms with Crippen molar-refractivity contribution < 1.29 is 8.94 Å². The number of rotatable bonds is 5. The number of likely N-dealkylation sites (N-methyl/N-ethyl adjacent to an activating group) is 1. The number of nitrogens with zero attached hydrogens (tertiary/aromatic N) is 2. The van der Waals surface area contributed by atoms with Crippen molar-refractivity contribution in [1.29, 1.82) is 0 Å². The Labute approximate surface area is 126 Å². The zero-order chi connectivity index (χ0) is 15.5. The van der Waals surface area contributed by atoms with E-state index in [2.05, 4.69) is 20.4 Å². The second-order valence-corrected chi connectivity index (χ2v) is 5.00. The molecule has 0 bridgehead atoms. The summed E-state index contributed by atoms with van der Waals surface area (Å²) in [4.78, 5) is 19.2. The lowest BCUT2D eigenvalue weighted by Gasteiger charge is -2.04. The Morgan fingerprint density at radius 2 is 2.23 bits per heavy atom. The van der Waals surface area contributed by atoms with Crippen molar-refractivity contribution in [2.45, 2.75) is 19.4 Å². The van der Waals surface area contributed by atoms with Crippen LogP contribution in [0.25, 0.3) is 22.9 Å². The van der Waals surface area contributed by atoms with Crippen LogP contribution in [0.4, 0.5) is 0 Å². The molecule has 2 N–H and O–H groups in total. The van der Waals surface area contributed by atoms with Crippen LogP contribution in [0.2, 0.25) is 0 Å². The fourth-order valence-electron chi connectivity index (χ4n) is 2.04. The molecule has 0 amide bonds. The molecule has 0 saturated carbocycles. The van der Waals surface area contributed by atoms with E-state index in [0.717, 1.165) is 0 Å². The zero-order valence-corrected chi connectivity index (χ0v) is 12.3. The number of furan rings is 1. The van der Waals surface area contributed by atoms with Gasteiger partial charge < -0.3 is 19.2 Å². The number of pyridine rings is 1. The van der Waals surface area contributed by atoms with E-state index in [9.17, 15) is 4.79 Å². The molecule has 1 unspecified atom stereocenters. The number of H-pyrrole nitrogens is 1. The normalized spacial score (nSPS) is 12.5. The summed E-state index contributed by atoms with van der Waals surface area (Å²) < 4.78 is 10.4. The average Bonchev–Trinajstić information content (AvgIpc) is 3.18. The van der Waals surface area contributed by atoms with Gasteiger partial charge in [-0.2, -0.15) is 4.98 Å². The Balaban J connectivity index is 1.88. The lowest BCUT2D eigenvalue weighted by molar-refractivity contribution is 0.418. The van der Waals surface area contributed by atoms with Gasteiger partial charge in [-0.05, 0) is 38.2 Å². The lowest BCUT2D eigenvalue weighted by atomic mass is 10.2. The molecule has 0 aliphatic rings. The zero-order valence-electron chi connectivity index (χ0n) is 12.3. The quantitative estimate of drug-likeness (QED) is 0.746. The van der Waals surface area contributed by atoms with Crippen LogP contribution in [0.5, 0.6) is 0 Å². The molecule has 0 aromatic carbocycles. The fourth-order valence-corrected chi connectivity index (χ4v) is 2.04. The summed E-state index contributed by atoms with van der Waals surface area (Å²) in [6.07, 6.45) is 2.18. The van der Waals surface area contributed by atoms with Crippen molar-refractivity contribution in [2.75, 3.05) is 7.05 Å². The SMILES string of the molecule is CNC(C)Cc1noc(-c2ccc(-c3ccco3)[nH]c2=O)n1. The van der Waals surface area contributed by atoms with E-state index in [1.807, 2.05) is 14.0 Å². The summed E-state index contributed by atoms with van der Waals surface area (Å²) in [6.45, 7) is 2.01. The van der Waals surface area contributed by atoms with Crippen LogP contribution >= 0.6 is 0 Å². The summed E-state index contributed by atoms with van der Waals surface area (Å²) in [7, 11) is 1.86. The van der Waals surface area contributed by atoms with Crippen molar-refractivity contribution in [3.8, 4) is 22.9 Å². The third-order valence-electron chi connectivity index (χ3n) is 3.38. The van der Waals surface area contributed by atoms with Crippen LogP contribution < -0.4 is 10.9 Å². The number of nitrogens with one attached hydrogen (secondary N) is 2. The van der Waals surface area contributed by atoms with Crippen molar-refractivity contribution in [1.82, 2.24) is 20.4 Å². The van der Waals surface area contributed by atoms with Gasteiger partial charge in [-0.1, -0.05) is 5.16 Å². The Kier molecular flexibility index (Phi) is 3.88. The molecule has 0 aliphatic heterocycles. The Morgan fingerprint density at radius 3 is 2.91 bits per heavy atom.